The van der Waals surface area contributed by atoms with Gasteiger partial charge >= 0.3 is 0 Å². The van der Waals surface area contributed by atoms with Gasteiger partial charge in [0.1, 0.15) is 60.0 Å². The number of fused-ring (bicyclic) bond motifs is 4. The van der Waals surface area contributed by atoms with Gasteiger partial charge in [0.25, 0.3) is 0 Å². The molecule has 8 aromatic rings. The molecule has 2 N–H and O–H groups in total. The van der Waals surface area contributed by atoms with E-state index >= 15 is 0 Å². The van der Waals surface area contributed by atoms with Crippen LogP contribution in [0, 0.1) is 0 Å². The van der Waals surface area contributed by atoms with Crippen LogP contribution in [0.2, 0.25) is 0 Å². The Balaban J connectivity index is 0.837. The molecule has 67 heavy (non-hydrogen) atoms. The van der Waals surface area contributed by atoms with Crippen LogP contribution in [0.5, 0.6) is 17.2 Å². The van der Waals surface area contributed by atoms with E-state index in [1.54, 1.807) is 19.0 Å². The van der Waals surface area contributed by atoms with Crippen molar-refractivity contribution in [3.63, 3.8) is 0 Å². The fourth-order valence-electron chi connectivity index (χ4n) is 10.6. The summed E-state index contributed by atoms with van der Waals surface area (Å²) in [5.41, 5.74) is 4.33. The average molecular weight is 902 g/mol. The molecule has 3 saturated heterocycles. The Hall–Kier alpha value is -6.58. The van der Waals surface area contributed by atoms with Gasteiger partial charge in [-0.25, -0.2) is 29.9 Å². The normalized spacial score (nSPS) is 20.2. The lowest BCUT2D eigenvalue weighted by Gasteiger charge is -2.30. The van der Waals surface area contributed by atoms with E-state index < -0.39 is 0 Å². The summed E-state index contributed by atoms with van der Waals surface area (Å²) in [6.07, 6.45) is 11.2. The van der Waals surface area contributed by atoms with Crippen LogP contribution in [0.25, 0.3) is 43.9 Å². The number of nitrogens with one attached hydrogen (secondary N) is 2. The number of benzene rings is 4. The highest BCUT2D eigenvalue weighted by Gasteiger charge is 2.38. The highest BCUT2D eigenvalue weighted by Crippen LogP contribution is 2.41. The Morgan fingerprint density at radius 3 is 2.13 bits per heavy atom. The molecule has 15 nitrogen and oxygen atoms in total. The molecule has 0 radical (unpaired) electrons. The maximum absolute atomic E-state index is 6.73. The predicted molar refractivity (Wildman–Crippen MR) is 261 cm³/mol. The van der Waals surface area contributed by atoms with Gasteiger partial charge < -0.3 is 38.7 Å². The van der Waals surface area contributed by atoms with Crippen molar-refractivity contribution < 1.29 is 18.9 Å². The average Bonchev–Trinajstić information content (AvgIpc) is 4.20. The molecule has 0 bridgehead atoms. The molecule has 4 atom stereocenters. The van der Waals surface area contributed by atoms with Gasteiger partial charge in [-0.05, 0) is 107 Å². The van der Waals surface area contributed by atoms with Crippen LogP contribution in [0.15, 0.2) is 91.8 Å². The van der Waals surface area contributed by atoms with Crippen LogP contribution in [0.3, 0.4) is 0 Å². The van der Waals surface area contributed by atoms with E-state index in [-0.39, 0.29) is 36.4 Å². The molecule has 0 spiro atoms. The van der Waals surface area contributed by atoms with Crippen molar-refractivity contribution in [1.82, 2.24) is 44.8 Å². The van der Waals surface area contributed by atoms with Crippen LogP contribution in [0.4, 0.5) is 11.6 Å². The highest BCUT2D eigenvalue weighted by molar-refractivity contribution is 5.91. The van der Waals surface area contributed by atoms with Gasteiger partial charge in [0.2, 0.25) is 0 Å². The summed E-state index contributed by atoms with van der Waals surface area (Å²) < 4.78 is 25.7. The summed E-state index contributed by atoms with van der Waals surface area (Å²) in [5.74, 6) is 5.25. The van der Waals surface area contributed by atoms with Crippen molar-refractivity contribution in [2.45, 2.75) is 109 Å². The Labute approximate surface area is 390 Å². The standard InChI is InChI=1S/C52H59N11O4/c1-32(2)64-26-38-18-20-43(63(38)25-35-17-21-45(41-14-6-5-13-40(35)41)66-28-36-11-8-22-61(36)51-46-49(54-29-53-46)55-30-57-51)48-59-47-50(60-48)56-31-58-52(47)62-23-9-12-37(62)27-65-44-15-7-10-34-16-19-39(24-42(34)44)67-33(3)4/h5-7,10,13-17,19,21,24,29-33,36-38,43H,8-9,11-12,18,20,22-23,25-28H2,1-4H3,(H,53,54,55,57)(H,56,58,59,60)/t36-,37-,38-,43?/m1/s1. The first kappa shape index (κ1) is 43.0. The third kappa shape index (κ3) is 8.66. The zero-order chi connectivity index (χ0) is 45.4. The molecule has 3 fully saturated rings. The molecule has 7 heterocycles. The summed E-state index contributed by atoms with van der Waals surface area (Å²) >= 11 is 0. The predicted octanol–water partition coefficient (Wildman–Crippen LogP) is 9.34. The van der Waals surface area contributed by atoms with Gasteiger partial charge in [0.15, 0.2) is 22.9 Å². The summed E-state index contributed by atoms with van der Waals surface area (Å²) in [4.78, 5) is 42.5. The van der Waals surface area contributed by atoms with Gasteiger partial charge in [-0.15, -0.1) is 0 Å². The van der Waals surface area contributed by atoms with Crippen molar-refractivity contribution >= 4 is 55.5 Å². The van der Waals surface area contributed by atoms with Crippen molar-refractivity contribution in [3.05, 3.63) is 103 Å². The molecule has 11 rings (SSSR count). The number of H-pyrrole nitrogens is 2. The molecule has 1 unspecified atom stereocenters. The van der Waals surface area contributed by atoms with Gasteiger partial charge in [0.05, 0.1) is 43.3 Å². The monoisotopic (exact) mass is 901 g/mol. The molecular weight excluding hydrogens is 843 g/mol. The first-order valence-electron chi connectivity index (χ1n) is 24.1. The van der Waals surface area contributed by atoms with Crippen LogP contribution >= 0.6 is 0 Å². The smallest absolute Gasteiger partial charge is 0.183 e. The van der Waals surface area contributed by atoms with E-state index in [9.17, 15) is 0 Å². The van der Waals surface area contributed by atoms with Gasteiger partial charge in [-0.1, -0.05) is 48.5 Å². The molecule has 346 valence electrons. The number of nitrogens with zero attached hydrogens (tertiary/aromatic N) is 9. The number of ether oxygens (including phenoxy) is 4. The van der Waals surface area contributed by atoms with E-state index in [1.807, 2.05) is 19.9 Å². The van der Waals surface area contributed by atoms with Crippen molar-refractivity contribution in [2.24, 2.45) is 0 Å². The van der Waals surface area contributed by atoms with Gasteiger partial charge in [-0.2, -0.15) is 0 Å². The van der Waals surface area contributed by atoms with Gasteiger partial charge in [-0.3, -0.25) is 4.90 Å². The van der Waals surface area contributed by atoms with E-state index in [1.165, 1.54) is 10.9 Å². The lowest BCUT2D eigenvalue weighted by atomic mass is 10.0. The van der Waals surface area contributed by atoms with Crippen LogP contribution in [-0.2, 0) is 11.3 Å². The first-order chi connectivity index (χ1) is 32.8. The minimum Gasteiger partial charge on any atom is -0.491 e. The zero-order valence-corrected chi connectivity index (χ0v) is 38.8. The number of aromatic nitrogens is 8. The SMILES string of the molecule is CC(C)OC[C@H]1CCC(c2nc3ncnc(N4CCC[C@@H]4COc4cccc5ccc(OC(C)C)cc45)c3[nH]2)N1Cc1ccc(OC[C@H]2CCCN2c2ncnc3nc[nH]c23)c2ccccc12. The topological polar surface area (TPSA) is 156 Å². The number of imidazole rings is 2. The lowest BCUT2D eigenvalue weighted by Crippen LogP contribution is -2.36. The van der Waals surface area contributed by atoms with Crippen LogP contribution in [-0.4, -0.2) is 108 Å². The fraction of sp³-hybridized carbons (Fsp3) is 0.423. The second-order valence-corrected chi connectivity index (χ2v) is 18.8. The number of rotatable bonds is 16. The summed E-state index contributed by atoms with van der Waals surface area (Å²) in [5, 5.41) is 4.45. The maximum Gasteiger partial charge on any atom is 0.183 e. The third-order valence-corrected chi connectivity index (χ3v) is 13.7. The second kappa shape index (κ2) is 18.6. The molecule has 4 aromatic heterocycles. The zero-order valence-electron chi connectivity index (χ0n) is 38.8. The molecule has 0 saturated carbocycles. The Morgan fingerprint density at radius 1 is 0.642 bits per heavy atom. The number of aromatic amines is 2. The van der Waals surface area contributed by atoms with Crippen molar-refractivity contribution in [3.8, 4) is 17.2 Å². The van der Waals surface area contributed by atoms with Crippen molar-refractivity contribution in [2.75, 3.05) is 42.7 Å². The Kier molecular flexibility index (Phi) is 11.9. The fourth-order valence-corrected chi connectivity index (χ4v) is 10.6. The molecule has 0 aliphatic carbocycles. The molecule has 3 aliphatic rings. The highest BCUT2D eigenvalue weighted by atomic mass is 16.5. The number of anilines is 2. The molecule has 3 aliphatic heterocycles. The maximum atomic E-state index is 6.73. The molecule has 4 aromatic carbocycles. The summed E-state index contributed by atoms with van der Waals surface area (Å²) in [7, 11) is 0. The van der Waals surface area contributed by atoms with E-state index in [0.717, 1.165) is 120 Å². The van der Waals surface area contributed by atoms with Crippen LogP contribution < -0.4 is 24.0 Å². The van der Waals surface area contributed by atoms with E-state index in [4.69, 9.17) is 33.9 Å². The summed E-state index contributed by atoms with van der Waals surface area (Å²) in [6, 6.07) is 26.0. The van der Waals surface area contributed by atoms with E-state index in [0.29, 0.717) is 31.1 Å². The first-order valence-corrected chi connectivity index (χ1v) is 24.1. The largest absolute Gasteiger partial charge is 0.491 e. The minimum atomic E-state index is 0.0302. The lowest BCUT2D eigenvalue weighted by molar-refractivity contribution is 0.0262. The quantitative estimate of drug-likeness (QED) is 0.0947. The summed E-state index contributed by atoms with van der Waals surface area (Å²) in [6.45, 7) is 12.5. The molecule has 15 heteroatoms. The molecule has 0 amide bonds. The Morgan fingerprint density at radius 2 is 1.37 bits per heavy atom. The minimum absolute atomic E-state index is 0.0302. The van der Waals surface area contributed by atoms with Crippen LogP contribution in [0.1, 0.15) is 83.6 Å². The molecular formula is C52H59N11O4. The second-order valence-electron chi connectivity index (χ2n) is 18.8. The third-order valence-electron chi connectivity index (χ3n) is 13.7. The van der Waals surface area contributed by atoms with Gasteiger partial charge in [0, 0.05) is 36.4 Å². The number of hydrogen-bond donors (Lipinski definition) is 2. The number of likely N-dealkylation sites (tertiary alicyclic amines) is 1. The van der Waals surface area contributed by atoms with Crippen molar-refractivity contribution in [1.29, 1.82) is 0 Å². The van der Waals surface area contributed by atoms with E-state index in [2.05, 4.69) is 120 Å². The number of hydrogen-bond acceptors (Lipinski definition) is 13. The Bertz CT molecular complexity index is 3010.